The van der Waals surface area contributed by atoms with E-state index < -0.39 is 0 Å². The molecule has 0 radical (unpaired) electrons. The van der Waals surface area contributed by atoms with Crippen LogP contribution in [0.1, 0.15) is 251 Å². The van der Waals surface area contributed by atoms with Crippen molar-refractivity contribution in [3.8, 4) is 0 Å². The maximum atomic E-state index is 10.8. The van der Waals surface area contributed by atoms with E-state index in [4.69, 9.17) is 71.8 Å². The van der Waals surface area contributed by atoms with Crippen LogP contribution in [0, 0.1) is 0 Å². The number of carbonyl (C=O) groups excluding carboxylic acids is 2. The monoisotopic (exact) mass is 1580 g/mol. The summed E-state index contributed by atoms with van der Waals surface area (Å²) >= 11 is 0.0139. The van der Waals surface area contributed by atoms with Crippen LogP contribution in [0.25, 0.3) is 0 Å². The first-order valence-electron chi connectivity index (χ1n) is 34.8. The van der Waals surface area contributed by atoms with Gasteiger partial charge in [-0.1, -0.05) is 95.2 Å². The Kier molecular flexibility index (Phi) is 49.5. The molecule has 0 amide bonds. The number of Topliss-reactive ketones (excluding diaryl/α,β-unsaturated/α-hetero) is 2. The summed E-state index contributed by atoms with van der Waals surface area (Å²) in [5, 5.41) is 30.3. The number of nitrogens with one attached hydrogen (secondary N) is 8. The number of aromatic nitrogens is 3. The number of fused-ring (bicyclic) bond motifs is 8. The zero-order valence-corrected chi connectivity index (χ0v) is 66.3. The molecule has 3 aromatic rings. The summed E-state index contributed by atoms with van der Waals surface area (Å²) in [6.45, 7) is 17.8. The summed E-state index contributed by atoms with van der Waals surface area (Å²) in [6, 6.07) is 23.9. The van der Waals surface area contributed by atoms with Gasteiger partial charge in [-0.05, 0) is 141 Å². The summed E-state index contributed by atoms with van der Waals surface area (Å²) in [4.78, 5) is 45.8. The Morgan fingerprint density at radius 3 is 1.14 bits per heavy atom. The molecule has 4 bridgehead atoms. The summed E-state index contributed by atoms with van der Waals surface area (Å²) in [5.41, 5.74) is 19.3. The first-order chi connectivity index (χ1) is 44.6. The average molecular weight is 1580 g/mol. The molecule has 550 valence electrons. The summed E-state index contributed by atoms with van der Waals surface area (Å²) in [7, 11) is 19.2. The fraction of sp³-hybridized carbons (Fsp3) is 0.725. The molecular weight excluding hydrogens is 1460 g/mol. The number of halogens is 8. The molecule has 5 heterocycles. The number of nitrogens with zero attached hydrogens (tertiary/aromatic N) is 5. The Morgan fingerprint density at radius 2 is 0.760 bits per heavy atom. The average Bonchev–Trinajstić information content (AvgIpc) is 1.30. The number of nitrogens with two attached hydrogens (primary N) is 2. The third-order valence-corrected chi connectivity index (χ3v) is 19.7. The quantitative estimate of drug-likeness (QED) is 0.0601. The van der Waals surface area contributed by atoms with Crippen LogP contribution in [0.2, 0.25) is 0 Å². The summed E-state index contributed by atoms with van der Waals surface area (Å²) in [5.74, 6) is -0.254. The molecule has 11 rings (SSSR count). The number of hydrogen-bond acceptors (Lipinski definition) is 17. The van der Waals surface area contributed by atoms with Crippen molar-refractivity contribution in [2.45, 2.75) is 280 Å². The van der Waals surface area contributed by atoms with Gasteiger partial charge < -0.3 is 54.0 Å². The number of aliphatic imine (C=N–C) groups is 2. The molecule has 0 aromatic carbocycles. The van der Waals surface area contributed by atoms with Gasteiger partial charge in [0.15, 0.2) is 11.6 Å². The molecule has 12 N–H and O–H groups in total. The fourth-order valence-corrected chi connectivity index (χ4v) is 14.6. The van der Waals surface area contributed by atoms with Crippen molar-refractivity contribution in [1.82, 2.24) is 57.5 Å². The molecule has 27 heteroatoms. The van der Waals surface area contributed by atoms with E-state index in [1.54, 1.807) is 18.2 Å². The molecule has 17 nitrogen and oxygen atoms in total. The Balaban J connectivity index is 0.000000434. The molecule has 6 fully saturated rings. The van der Waals surface area contributed by atoms with Gasteiger partial charge in [-0.15, -0.1) is 49.6 Å². The van der Waals surface area contributed by atoms with Crippen LogP contribution in [-0.4, -0.2) is 150 Å². The first kappa shape index (κ1) is 91.2. The van der Waals surface area contributed by atoms with Crippen molar-refractivity contribution >= 4 is 113 Å². The molecule has 3 aromatic heterocycles. The molecule has 2 aliphatic heterocycles. The van der Waals surface area contributed by atoms with Gasteiger partial charge in [0.05, 0.1) is 46.3 Å². The Labute approximate surface area is 630 Å². The van der Waals surface area contributed by atoms with E-state index in [-0.39, 0.29) is 99.5 Å². The van der Waals surface area contributed by atoms with Crippen molar-refractivity contribution in [2.75, 3.05) is 39.3 Å². The number of ketones is 2. The number of hydrogen-bond donors (Lipinski definition) is 10. The van der Waals surface area contributed by atoms with Crippen molar-refractivity contribution in [3.63, 3.8) is 0 Å². The number of pyridine rings is 3. The van der Waals surface area contributed by atoms with Crippen molar-refractivity contribution in [3.05, 3.63) is 88.8 Å². The van der Waals surface area contributed by atoms with Gasteiger partial charge in [0.2, 0.25) is 0 Å². The van der Waals surface area contributed by atoms with E-state index in [1.807, 2.05) is 0 Å². The molecule has 8 aliphatic rings. The van der Waals surface area contributed by atoms with Crippen LogP contribution in [0.3, 0.4) is 0 Å². The topological polar surface area (TPSA) is 246 Å². The van der Waals surface area contributed by atoms with Crippen LogP contribution in [0.15, 0.2) is 64.6 Å². The third-order valence-electron chi connectivity index (χ3n) is 19.7. The SMILES string of the molecule is CC(=O)c1cccc(C(C)=O)n1.CC1=NC2CCCCC2NCCN[C@@H]2CCCC[C@H]2N=C(C)c2cccc1n2.C[C@@H]1NC2CCCCC2NCCN[C@@H]2CCCC[C@H]2N[C@@H](C)c2cccc1n2.Cl.Cl.Cl.Cl.NC1CCCCC1NCCN[C@@H]1CCCC[C@H]1N.[Cl][Mn][Cl].[Cl][Mn][Cl]. The second-order valence-electron chi connectivity index (χ2n) is 26.5. The van der Waals surface area contributed by atoms with Gasteiger partial charge >= 0.3 is 66.7 Å². The van der Waals surface area contributed by atoms with Crippen LogP contribution >= 0.6 is 90.0 Å². The minimum absolute atomic E-state index is 0. The van der Waals surface area contributed by atoms with E-state index in [2.05, 4.69) is 112 Å². The predicted octanol–water partition coefficient (Wildman–Crippen LogP) is 13.3. The maximum absolute atomic E-state index is 10.8. The molecule has 6 aliphatic carbocycles. The predicted molar refractivity (Wildman–Crippen MR) is 405 cm³/mol. The molecule has 14 atom stereocenters. The van der Waals surface area contributed by atoms with Gasteiger partial charge in [0, 0.05) is 126 Å². The van der Waals surface area contributed by atoms with Crippen molar-refractivity contribution in [2.24, 2.45) is 21.5 Å². The van der Waals surface area contributed by atoms with Gasteiger partial charge in [0.1, 0.15) is 11.4 Å². The minimum atomic E-state index is -0.127. The molecule has 96 heavy (non-hydrogen) atoms. The van der Waals surface area contributed by atoms with E-state index >= 15 is 0 Å². The van der Waals surface area contributed by atoms with E-state index in [1.165, 1.54) is 179 Å². The van der Waals surface area contributed by atoms with Gasteiger partial charge in [-0.3, -0.25) is 24.6 Å². The van der Waals surface area contributed by atoms with E-state index in [9.17, 15) is 9.59 Å². The summed E-state index contributed by atoms with van der Waals surface area (Å²) < 4.78 is 0. The van der Waals surface area contributed by atoms with Crippen LogP contribution in [0.4, 0.5) is 0 Å². The first-order valence-corrected chi connectivity index (χ1v) is 41.3. The van der Waals surface area contributed by atoms with Crippen LogP contribution in [0.5, 0.6) is 0 Å². The Hall–Kier alpha value is -0.911. The number of carbonyl (C=O) groups is 2. The van der Waals surface area contributed by atoms with Gasteiger partial charge in [-0.25, -0.2) is 9.97 Å². The Morgan fingerprint density at radius 1 is 0.448 bits per heavy atom. The standard InChI is InChI=1S/C23H39N5.C23H35N5.C14H30N4.C9H9NO2.8ClH.2Mn/c2*1-16-18-12-7-13-19(28-18)17(2)27-23-11-6-4-9-21(23)25-15-14-24-20-8-3-5-10-22(20)26-16;15-11-5-1-3-7-13(11)17-9-10-18-14-8-4-2-6-12(14)16;1-6(11)8-4-3-5-9(10-8)7(2)12;;;;;;;;;;/h7,12-13,16-17,20-27H,3-6,8-11,14-15H2,1-2H3;7,12-13,20-25H,3-6,8-11,14-15H2,1-2H3;11-14,17-18H,1-10,15-16H2;3-5H,1-2H3;8*1H;;/q;;;;;;;;;;;;2*+2/p-4/t16-,17-,20+,21?,22+,23?;20-,21?,22-,23?;11-,12?,13-,14?;;;;;;;;;;;/m011.........../s1. The molecule has 6 saturated carbocycles. The molecular formula is C69H117Cl8Mn2N15O2. The van der Waals surface area contributed by atoms with Gasteiger partial charge in [0.25, 0.3) is 0 Å². The van der Waals surface area contributed by atoms with Crippen LogP contribution < -0.4 is 54.0 Å². The zero-order valence-electron chi connectivity index (χ0n) is 57.6. The zero-order chi connectivity index (χ0) is 66.0. The molecule has 6 unspecified atom stereocenters. The van der Waals surface area contributed by atoms with E-state index in [0.29, 0.717) is 83.9 Å². The second-order valence-corrected chi connectivity index (χ2v) is 30.4. The Bertz CT molecular complexity index is 2510. The summed E-state index contributed by atoms with van der Waals surface area (Å²) in [6.07, 6.45) is 30.5. The molecule has 0 spiro atoms. The van der Waals surface area contributed by atoms with E-state index in [0.717, 1.165) is 62.1 Å². The van der Waals surface area contributed by atoms with Crippen molar-refractivity contribution in [1.29, 1.82) is 0 Å². The van der Waals surface area contributed by atoms with Crippen LogP contribution in [-0.2, 0) is 26.3 Å². The third kappa shape index (κ3) is 32.4. The fourth-order valence-electron chi connectivity index (χ4n) is 14.6. The van der Waals surface area contributed by atoms with Crippen molar-refractivity contribution < 1.29 is 35.9 Å². The second kappa shape index (κ2) is 52.1. The molecule has 0 saturated heterocycles. The van der Waals surface area contributed by atoms with Gasteiger partial charge in [-0.2, -0.15) is 0 Å². The number of rotatable bonds is 7. The normalized spacial score (nSPS) is 29.0.